The van der Waals surface area contributed by atoms with Crippen LogP contribution >= 0.6 is 0 Å². The maximum absolute atomic E-state index is 13.0. The van der Waals surface area contributed by atoms with Crippen molar-refractivity contribution in [1.29, 1.82) is 0 Å². The van der Waals surface area contributed by atoms with Crippen LogP contribution in [0.15, 0.2) is 23.0 Å². The summed E-state index contributed by atoms with van der Waals surface area (Å²) in [4.78, 5) is 18.3. The Hall–Kier alpha value is -2.62. The Morgan fingerprint density at radius 2 is 1.91 bits per heavy atom. The third-order valence-electron chi connectivity index (χ3n) is 6.88. The van der Waals surface area contributed by atoms with Crippen LogP contribution in [0.1, 0.15) is 48.2 Å². The van der Waals surface area contributed by atoms with E-state index in [1.165, 1.54) is 5.56 Å². The third-order valence-corrected chi connectivity index (χ3v) is 6.88. The zero-order chi connectivity index (χ0) is 22.8. The number of hydrogen-bond acceptors (Lipinski definition) is 7. The first-order valence-corrected chi connectivity index (χ1v) is 11.9. The fraction of sp³-hybridized carbons (Fsp3) is 0.583. The number of fused-ring (bicyclic) bond motifs is 1. The zero-order valence-electron chi connectivity index (χ0n) is 19.4. The lowest BCUT2D eigenvalue weighted by Crippen LogP contribution is -2.34. The lowest BCUT2D eigenvalue weighted by Gasteiger charge is -2.25. The summed E-state index contributed by atoms with van der Waals surface area (Å²) in [5, 5.41) is 13.4. The molecule has 5 rings (SSSR count). The Morgan fingerprint density at radius 1 is 1.12 bits per heavy atom. The highest BCUT2D eigenvalue weighted by Gasteiger charge is 2.24. The van der Waals surface area contributed by atoms with E-state index in [-0.39, 0.29) is 17.8 Å². The number of hydrogen-bond donors (Lipinski definition) is 1. The third kappa shape index (κ3) is 5.00. The molecule has 0 unspecified atom stereocenters. The van der Waals surface area contributed by atoms with Crippen molar-refractivity contribution in [2.24, 2.45) is 0 Å². The van der Waals surface area contributed by atoms with Crippen molar-refractivity contribution in [3.63, 3.8) is 0 Å². The highest BCUT2D eigenvalue weighted by atomic mass is 16.5. The van der Waals surface area contributed by atoms with Gasteiger partial charge in [0.15, 0.2) is 5.82 Å². The van der Waals surface area contributed by atoms with E-state index >= 15 is 0 Å². The number of aromatic nitrogens is 5. The topological polar surface area (TPSA) is 98.2 Å². The number of ether oxygens (including phenoxy) is 2. The van der Waals surface area contributed by atoms with Gasteiger partial charge in [-0.15, -0.1) is 5.10 Å². The molecule has 0 bridgehead atoms. The number of rotatable bonds is 8. The Labute approximate surface area is 193 Å². The Morgan fingerprint density at radius 3 is 2.67 bits per heavy atom. The van der Waals surface area contributed by atoms with Gasteiger partial charge in [0.05, 0.1) is 30.8 Å². The number of nitrogens with zero attached hydrogens (tertiary/aromatic N) is 5. The fourth-order valence-corrected chi connectivity index (χ4v) is 4.85. The summed E-state index contributed by atoms with van der Waals surface area (Å²) in [7, 11) is 0. The number of benzene rings is 1. The molecule has 0 saturated carbocycles. The monoisotopic (exact) mass is 452 g/mol. The lowest BCUT2D eigenvalue weighted by atomic mass is 10.0. The standard InChI is InChI=1S/C24H32N6O3/c1-16-7-8-18-11-19(24(31)25-23(18)17(16)2)12-29(13-20-5-3-9-32-20)15-22-26-27-28-30(22)14-21-6-4-10-33-21/h7-8,11,20-21H,3-6,9-10,12-15H2,1-2H3,(H,25,31)/t20-,21-/m1/s1. The van der Waals surface area contributed by atoms with E-state index in [1.54, 1.807) is 0 Å². The van der Waals surface area contributed by atoms with Crippen LogP contribution in [-0.4, -0.2) is 62.1 Å². The van der Waals surface area contributed by atoms with E-state index in [9.17, 15) is 4.79 Å². The molecule has 1 N–H and O–H groups in total. The predicted octanol–water partition coefficient (Wildman–Crippen LogP) is 2.49. The molecule has 0 amide bonds. The maximum atomic E-state index is 13.0. The Kier molecular flexibility index (Phi) is 6.52. The molecule has 2 aliphatic heterocycles. The van der Waals surface area contributed by atoms with E-state index in [0.29, 0.717) is 19.6 Å². The normalized spacial score (nSPS) is 20.9. The molecule has 4 heterocycles. The van der Waals surface area contributed by atoms with Crippen molar-refractivity contribution < 1.29 is 9.47 Å². The van der Waals surface area contributed by atoms with E-state index in [0.717, 1.165) is 73.3 Å². The Bertz CT molecular complexity index is 1160. The first-order valence-electron chi connectivity index (χ1n) is 11.9. The molecule has 2 aromatic heterocycles. The molecule has 0 radical (unpaired) electrons. The van der Waals surface area contributed by atoms with Gasteiger partial charge in [-0.1, -0.05) is 12.1 Å². The van der Waals surface area contributed by atoms with E-state index in [1.807, 2.05) is 17.7 Å². The molecule has 2 aliphatic rings. The van der Waals surface area contributed by atoms with E-state index in [4.69, 9.17) is 9.47 Å². The van der Waals surface area contributed by atoms with Crippen LogP contribution in [-0.2, 0) is 29.1 Å². The second-order valence-corrected chi connectivity index (χ2v) is 9.31. The summed E-state index contributed by atoms with van der Waals surface area (Å²) in [6.45, 7) is 8.15. The number of nitrogens with one attached hydrogen (secondary N) is 1. The molecule has 33 heavy (non-hydrogen) atoms. The summed E-state index contributed by atoms with van der Waals surface area (Å²) in [5.74, 6) is 0.784. The average Bonchev–Trinajstić information content (AvgIpc) is 3.57. The van der Waals surface area contributed by atoms with Gasteiger partial charge in [-0.2, -0.15) is 0 Å². The number of H-pyrrole nitrogens is 1. The average molecular weight is 453 g/mol. The number of aryl methyl sites for hydroxylation is 2. The van der Waals surface area contributed by atoms with Crippen LogP contribution < -0.4 is 5.56 Å². The van der Waals surface area contributed by atoms with Crippen LogP contribution in [0.5, 0.6) is 0 Å². The number of pyridine rings is 1. The second kappa shape index (κ2) is 9.70. The largest absolute Gasteiger partial charge is 0.377 e. The second-order valence-electron chi connectivity index (χ2n) is 9.31. The molecule has 9 nitrogen and oxygen atoms in total. The SMILES string of the molecule is Cc1ccc2cc(CN(Cc3nnnn3C[C@H]3CCCO3)C[C@H]3CCCO3)c(=O)[nH]c2c1C. The number of aromatic amines is 1. The molecule has 176 valence electrons. The molecule has 9 heteroatoms. The van der Waals surface area contributed by atoms with Gasteiger partial charge in [0.2, 0.25) is 0 Å². The van der Waals surface area contributed by atoms with Gasteiger partial charge in [-0.05, 0) is 72.5 Å². The summed E-state index contributed by atoms with van der Waals surface area (Å²) < 4.78 is 13.5. The van der Waals surface area contributed by atoms with Crippen molar-refractivity contribution in [1.82, 2.24) is 30.1 Å². The smallest absolute Gasteiger partial charge is 0.252 e. The van der Waals surface area contributed by atoms with Crippen molar-refractivity contribution in [2.45, 2.75) is 71.4 Å². The molecule has 2 fully saturated rings. The molecule has 0 aliphatic carbocycles. The first-order chi connectivity index (χ1) is 16.1. The molecule has 2 saturated heterocycles. The van der Waals surface area contributed by atoms with Crippen molar-refractivity contribution in [2.75, 3.05) is 19.8 Å². The van der Waals surface area contributed by atoms with Crippen molar-refractivity contribution in [3.05, 3.63) is 51.1 Å². The van der Waals surface area contributed by atoms with Crippen LogP contribution in [0.2, 0.25) is 0 Å². The van der Waals surface area contributed by atoms with Crippen molar-refractivity contribution >= 4 is 10.9 Å². The first kappa shape index (κ1) is 22.2. The van der Waals surface area contributed by atoms with Gasteiger partial charge in [0.1, 0.15) is 0 Å². The van der Waals surface area contributed by atoms with Gasteiger partial charge in [0, 0.05) is 31.9 Å². The molecule has 1 aromatic carbocycles. The van der Waals surface area contributed by atoms with Crippen LogP contribution in [0, 0.1) is 13.8 Å². The summed E-state index contributed by atoms with van der Waals surface area (Å²) in [6.07, 6.45) is 4.54. The van der Waals surface area contributed by atoms with Gasteiger partial charge >= 0.3 is 0 Å². The van der Waals surface area contributed by atoms with Gasteiger partial charge in [0.25, 0.3) is 5.56 Å². The molecular formula is C24H32N6O3. The minimum absolute atomic E-state index is 0.0486. The Balaban J connectivity index is 1.39. The highest BCUT2D eigenvalue weighted by Crippen LogP contribution is 2.21. The minimum atomic E-state index is -0.0486. The summed E-state index contributed by atoms with van der Waals surface area (Å²) in [6, 6.07) is 6.19. The van der Waals surface area contributed by atoms with Gasteiger partial charge in [-0.25, -0.2) is 4.68 Å². The van der Waals surface area contributed by atoms with Crippen LogP contribution in [0.25, 0.3) is 10.9 Å². The van der Waals surface area contributed by atoms with E-state index < -0.39 is 0 Å². The minimum Gasteiger partial charge on any atom is -0.377 e. The highest BCUT2D eigenvalue weighted by molar-refractivity contribution is 5.83. The van der Waals surface area contributed by atoms with Crippen LogP contribution in [0.4, 0.5) is 0 Å². The van der Waals surface area contributed by atoms with Gasteiger partial charge in [-0.3, -0.25) is 9.69 Å². The molecular weight excluding hydrogens is 420 g/mol. The summed E-state index contributed by atoms with van der Waals surface area (Å²) in [5.41, 5.74) is 3.88. The van der Waals surface area contributed by atoms with E-state index in [2.05, 4.69) is 44.5 Å². The zero-order valence-corrected chi connectivity index (χ0v) is 19.4. The number of tetrazole rings is 1. The van der Waals surface area contributed by atoms with Crippen LogP contribution in [0.3, 0.4) is 0 Å². The molecule has 3 aromatic rings. The quantitative estimate of drug-likeness (QED) is 0.561. The van der Waals surface area contributed by atoms with Gasteiger partial charge < -0.3 is 14.5 Å². The van der Waals surface area contributed by atoms with Crippen molar-refractivity contribution in [3.8, 4) is 0 Å². The lowest BCUT2D eigenvalue weighted by molar-refractivity contribution is 0.0647. The maximum Gasteiger partial charge on any atom is 0.252 e. The predicted molar refractivity (Wildman–Crippen MR) is 124 cm³/mol. The summed E-state index contributed by atoms with van der Waals surface area (Å²) >= 11 is 0. The fourth-order valence-electron chi connectivity index (χ4n) is 4.85. The molecule has 2 atom stereocenters. The molecule has 0 spiro atoms.